The van der Waals surface area contributed by atoms with Gasteiger partial charge in [-0.3, -0.25) is 0 Å². The van der Waals surface area contributed by atoms with E-state index in [1.165, 1.54) is 23.6 Å². The first kappa shape index (κ1) is 15.2. The van der Waals surface area contributed by atoms with Crippen molar-refractivity contribution in [3.63, 3.8) is 0 Å². The molecule has 0 aliphatic rings. The lowest BCUT2D eigenvalue weighted by Gasteiger charge is -2.03. The first-order valence-electron chi connectivity index (χ1n) is 6.23. The highest BCUT2D eigenvalue weighted by Crippen LogP contribution is 2.14. The maximum absolute atomic E-state index is 12.1. The Kier molecular flexibility index (Phi) is 4.92. The molecule has 2 aromatic heterocycles. The summed E-state index contributed by atoms with van der Waals surface area (Å²) in [5, 5.41) is 11.1. The van der Waals surface area contributed by atoms with Crippen molar-refractivity contribution < 1.29 is 13.5 Å². The lowest BCUT2D eigenvalue weighted by molar-refractivity contribution is 0.271. The Labute approximate surface area is 122 Å². The van der Waals surface area contributed by atoms with Crippen molar-refractivity contribution in [3.05, 3.63) is 34.5 Å². The summed E-state index contributed by atoms with van der Waals surface area (Å²) in [4.78, 5) is 4.28. The van der Waals surface area contributed by atoms with E-state index in [4.69, 9.17) is 0 Å². The van der Waals surface area contributed by atoms with Crippen LogP contribution in [0.4, 0.5) is 0 Å². The van der Waals surface area contributed by atoms with Gasteiger partial charge in [0.05, 0.1) is 22.7 Å². The second-order valence-corrected chi connectivity index (χ2v) is 6.72. The molecule has 20 heavy (non-hydrogen) atoms. The maximum Gasteiger partial charge on any atom is 0.242 e. The van der Waals surface area contributed by atoms with Crippen LogP contribution in [-0.2, 0) is 29.6 Å². The van der Waals surface area contributed by atoms with Crippen LogP contribution in [0.1, 0.15) is 18.3 Å². The van der Waals surface area contributed by atoms with Gasteiger partial charge in [0.1, 0.15) is 0 Å². The van der Waals surface area contributed by atoms with Gasteiger partial charge in [-0.1, -0.05) is 0 Å². The quantitative estimate of drug-likeness (QED) is 0.797. The van der Waals surface area contributed by atoms with Crippen LogP contribution in [0, 0.1) is 0 Å². The van der Waals surface area contributed by atoms with Gasteiger partial charge in [0, 0.05) is 36.8 Å². The monoisotopic (exact) mass is 315 g/mol. The Balaban J connectivity index is 2.04. The zero-order valence-electron chi connectivity index (χ0n) is 11.1. The smallest absolute Gasteiger partial charge is 0.242 e. The van der Waals surface area contributed by atoms with Gasteiger partial charge in [0.15, 0.2) is 0 Å². The molecule has 110 valence electrons. The Morgan fingerprint density at radius 2 is 2.30 bits per heavy atom. The van der Waals surface area contributed by atoms with Crippen LogP contribution in [0.2, 0.25) is 0 Å². The summed E-state index contributed by atoms with van der Waals surface area (Å²) in [6, 6.07) is 1.49. The number of rotatable bonds is 7. The fraction of sp³-hybridized carbons (Fsp3) is 0.417. The third-order valence-electron chi connectivity index (χ3n) is 2.93. The molecule has 2 rings (SSSR count). The summed E-state index contributed by atoms with van der Waals surface area (Å²) in [6.45, 7) is 2.63. The minimum absolute atomic E-state index is 0.178. The van der Waals surface area contributed by atoms with E-state index in [1.807, 2.05) is 12.3 Å². The van der Waals surface area contributed by atoms with Crippen LogP contribution < -0.4 is 4.72 Å². The summed E-state index contributed by atoms with van der Waals surface area (Å²) in [5.74, 6) is 0. The third kappa shape index (κ3) is 3.45. The molecule has 0 bridgehead atoms. The number of nitrogens with zero attached hydrogens (tertiary/aromatic N) is 2. The number of aryl methyl sites for hydroxylation is 1. The van der Waals surface area contributed by atoms with Crippen molar-refractivity contribution in [1.29, 1.82) is 0 Å². The maximum atomic E-state index is 12.1. The molecule has 0 aliphatic heterocycles. The van der Waals surface area contributed by atoms with E-state index in [9.17, 15) is 13.5 Å². The minimum atomic E-state index is -3.54. The zero-order valence-corrected chi connectivity index (χ0v) is 12.7. The summed E-state index contributed by atoms with van der Waals surface area (Å²) in [7, 11) is -3.54. The number of nitrogens with one attached hydrogen (secondary N) is 1. The van der Waals surface area contributed by atoms with Gasteiger partial charge in [0.25, 0.3) is 0 Å². The van der Waals surface area contributed by atoms with Crippen molar-refractivity contribution >= 4 is 21.4 Å². The largest absolute Gasteiger partial charge is 0.390 e. The molecule has 2 N–H and O–H groups in total. The number of sulfonamides is 1. The fourth-order valence-corrected chi connectivity index (χ4v) is 3.54. The molecule has 0 unspecified atom stereocenters. The standard InChI is InChI=1S/C12H17N3O3S2/c1-2-15-6-12(5-11(15)7-16)20(17,18)14-4-3-10-8-19-9-13-10/h5-6,8-9,14,16H,2-4,7H2,1H3. The number of thiazole rings is 1. The van der Waals surface area contributed by atoms with Crippen LogP contribution in [0.25, 0.3) is 0 Å². The number of aromatic nitrogens is 2. The van der Waals surface area contributed by atoms with Crippen LogP contribution in [-0.4, -0.2) is 29.6 Å². The molecule has 0 aliphatic carbocycles. The van der Waals surface area contributed by atoms with E-state index in [1.54, 1.807) is 10.1 Å². The molecular formula is C12H17N3O3S2. The Hall–Kier alpha value is -1.22. The van der Waals surface area contributed by atoms with Crippen molar-refractivity contribution in [3.8, 4) is 0 Å². The molecule has 0 amide bonds. The van der Waals surface area contributed by atoms with Gasteiger partial charge in [-0.05, 0) is 13.0 Å². The molecule has 8 heteroatoms. The zero-order chi connectivity index (χ0) is 14.6. The summed E-state index contributed by atoms with van der Waals surface area (Å²) < 4.78 is 28.5. The number of hydrogen-bond donors (Lipinski definition) is 2. The Morgan fingerprint density at radius 1 is 1.50 bits per heavy atom. The molecule has 6 nitrogen and oxygen atoms in total. The van der Waals surface area contributed by atoms with Gasteiger partial charge in [-0.2, -0.15) is 0 Å². The lowest BCUT2D eigenvalue weighted by Crippen LogP contribution is -2.25. The third-order valence-corrected chi connectivity index (χ3v) is 4.99. The fourth-order valence-electron chi connectivity index (χ4n) is 1.86. The average Bonchev–Trinajstić information content (AvgIpc) is 3.07. The van der Waals surface area contributed by atoms with E-state index < -0.39 is 10.0 Å². The highest BCUT2D eigenvalue weighted by atomic mass is 32.2. The molecule has 0 fully saturated rings. The molecule has 2 heterocycles. The Bertz CT molecular complexity index is 626. The van der Waals surface area contributed by atoms with Crippen LogP contribution in [0.5, 0.6) is 0 Å². The second-order valence-electron chi connectivity index (χ2n) is 4.24. The van der Waals surface area contributed by atoms with Crippen molar-refractivity contribution in [1.82, 2.24) is 14.3 Å². The highest BCUT2D eigenvalue weighted by Gasteiger charge is 2.17. The summed E-state index contributed by atoms with van der Waals surface area (Å²) in [6.07, 6.45) is 2.10. The van der Waals surface area contributed by atoms with Crippen LogP contribution >= 0.6 is 11.3 Å². The van der Waals surface area contributed by atoms with Gasteiger partial charge in [-0.25, -0.2) is 18.1 Å². The minimum Gasteiger partial charge on any atom is -0.390 e. The molecule has 0 saturated heterocycles. The SMILES string of the molecule is CCn1cc(S(=O)(=O)NCCc2cscn2)cc1CO. The van der Waals surface area contributed by atoms with E-state index in [0.717, 1.165) is 5.69 Å². The number of aliphatic hydroxyl groups excluding tert-OH is 1. The van der Waals surface area contributed by atoms with E-state index in [2.05, 4.69) is 9.71 Å². The summed E-state index contributed by atoms with van der Waals surface area (Å²) >= 11 is 1.49. The molecular weight excluding hydrogens is 298 g/mol. The second kappa shape index (κ2) is 6.49. The van der Waals surface area contributed by atoms with Gasteiger partial charge >= 0.3 is 0 Å². The van der Waals surface area contributed by atoms with E-state index >= 15 is 0 Å². The van der Waals surface area contributed by atoms with Crippen molar-refractivity contribution in [2.75, 3.05) is 6.54 Å². The van der Waals surface area contributed by atoms with Crippen molar-refractivity contribution in [2.24, 2.45) is 0 Å². The first-order chi connectivity index (χ1) is 9.56. The number of hydrogen-bond acceptors (Lipinski definition) is 5. The lowest BCUT2D eigenvalue weighted by atomic mass is 10.3. The van der Waals surface area contributed by atoms with Gasteiger partial charge < -0.3 is 9.67 Å². The van der Waals surface area contributed by atoms with Crippen LogP contribution in [0.3, 0.4) is 0 Å². The molecule has 0 spiro atoms. The molecule has 0 radical (unpaired) electrons. The Morgan fingerprint density at radius 3 is 2.85 bits per heavy atom. The predicted molar refractivity (Wildman–Crippen MR) is 77.0 cm³/mol. The molecule has 0 saturated carbocycles. The van der Waals surface area contributed by atoms with Gasteiger partial charge in [-0.15, -0.1) is 11.3 Å². The predicted octanol–water partition coefficient (Wildman–Crippen LogP) is 0.978. The normalized spacial score (nSPS) is 11.9. The summed E-state index contributed by atoms with van der Waals surface area (Å²) in [5.41, 5.74) is 3.19. The number of aliphatic hydroxyl groups is 1. The molecule has 2 aromatic rings. The molecule has 0 aromatic carbocycles. The molecule has 0 atom stereocenters. The van der Waals surface area contributed by atoms with E-state index in [-0.39, 0.29) is 11.5 Å². The van der Waals surface area contributed by atoms with Crippen LogP contribution in [0.15, 0.2) is 28.0 Å². The van der Waals surface area contributed by atoms with Gasteiger partial charge in [0.2, 0.25) is 10.0 Å². The van der Waals surface area contributed by atoms with Crippen molar-refractivity contribution in [2.45, 2.75) is 31.4 Å². The topological polar surface area (TPSA) is 84.2 Å². The average molecular weight is 315 g/mol. The highest BCUT2D eigenvalue weighted by molar-refractivity contribution is 7.89. The van der Waals surface area contributed by atoms with E-state index in [0.29, 0.717) is 25.2 Å². The first-order valence-corrected chi connectivity index (χ1v) is 8.66.